The van der Waals surface area contributed by atoms with Crippen LogP contribution in [-0.2, 0) is 16.1 Å². The number of methoxy groups -OCH3 is 1. The number of benzene rings is 1. The summed E-state index contributed by atoms with van der Waals surface area (Å²) in [5.41, 5.74) is 8.66. The largest absolute Gasteiger partial charge is 0.383 e. The van der Waals surface area contributed by atoms with E-state index in [1.165, 1.54) is 7.11 Å². The van der Waals surface area contributed by atoms with Crippen molar-refractivity contribution in [3.63, 3.8) is 0 Å². The number of nitrogens with zero attached hydrogens (tertiary/aromatic N) is 1. The highest BCUT2D eigenvalue weighted by atomic mass is 16.5. The molecule has 1 atom stereocenters. The van der Waals surface area contributed by atoms with Gasteiger partial charge in [-0.15, -0.1) is 0 Å². The standard InChI is InChI=1S/C14H23N3O2/c1-10-5-6-11(8-17(2)3)7-13(10)16-14(18)12(15)9-19-4/h5-7,12H,8-9,15H2,1-4H3,(H,16,18). The molecule has 19 heavy (non-hydrogen) atoms. The summed E-state index contributed by atoms with van der Waals surface area (Å²) in [5.74, 6) is -0.230. The van der Waals surface area contributed by atoms with Gasteiger partial charge < -0.3 is 20.7 Å². The van der Waals surface area contributed by atoms with Gasteiger partial charge in [0.15, 0.2) is 0 Å². The number of hydrogen-bond donors (Lipinski definition) is 2. The Balaban J connectivity index is 2.79. The predicted molar refractivity (Wildman–Crippen MR) is 77.1 cm³/mol. The van der Waals surface area contributed by atoms with Crippen molar-refractivity contribution in [1.29, 1.82) is 0 Å². The maximum atomic E-state index is 11.9. The summed E-state index contributed by atoms with van der Waals surface area (Å²) >= 11 is 0. The van der Waals surface area contributed by atoms with Crippen LogP contribution in [0.25, 0.3) is 0 Å². The molecule has 1 rings (SSSR count). The monoisotopic (exact) mass is 265 g/mol. The second kappa shape index (κ2) is 7.23. The van der Waals surface area contributed by atoms with Crippen molar-refractivity contribution >= 4 is 11.6 Å². The molecule has 0 saturated heterocycles. The minimum atomic E-state index is -0.651. The number of hydrogen-bond acceptors (Lipinski definition) is 4. The second-order valence-electron chi connectivity index (χ2n) is 4.94. The average Bonchev–Trinajstić information content (AvgIpc) is 2.33. The molecule has 1 aromatic carbocycles. The molecule has 0 radical (unpaired) electrons. The van der Waals surface area contributed by atoms with Crippen molar-refractivity contribution in [2.75, 3.05) is 33.1 Å². The summed E-state index contributed by atoms with van der Waals surface area (Å²) < 4.78 is 4.88. The molecule has 0 aliphatic rings. The molecule has 0 aliphatic heterocycles. The third-order valence-electron chi connectivity index (χ3n) is 2.74. The van der Waals surface area contributed by atoms with Crippen molar-refractivity contribution < 1.29 is 9.53 Å². The van der Waals surface area contributed by atoms with Crippen LogP contribution in [0.5, 0.6) is 0 Å². The summed E-state index contributed by atoms with van der Waals surface area (Å²) in [6, 6.07) is 5.38. The molecule has 0 fully saturated rings. The maximum Gasteiger partial charge on any atom is 0.243 e. The minimum Gasteiger partial charge on any atom is -0.383 e. The molecule has 5 heteroatoms. The van der Waals surface area contributed by atoms with Gasteiger partial charge in [0.25, 0.3) is 0 Å². The molecule has 1 amide bonds. The van der Waals surface area contributed by atoms with Crippen LogP contribution in [0.1, 0.15) is 11.1 Å². The first kappa shape index (κ1) is 15.6. The summed E-state index contributed by atoms with van der Waals surface area (Å²) in [6.07, 6.45) is 0. The van der Waals surface area contributed by atoms with E-state index in [1.807, 2.05) is 33.2 Å². The number of nitrogens with two attached hydrogens (primary N) is 1. The van der Waals surface area contributed by atoms with Gasteiger partial charge in [0, 0.05) is 19.3 Å². The fraction of sp³-hybridized carbons (Fsp3) is 0.500. The van der Waals surface area contributed by atoms with Crippen LogP contribution in [0, 0.1) is 6.92 Å². The van der Waals surface area contributed by atoms with Gasteiger partial charge in [0.1, 0.15) is 6.04 Å². The summed E-state index contributed by atoms with van der Waals surface area (Å²) in [4.78, 5) is 13.9. The predicted octanol–water partition coefficient (Wildman–Crippen LogP) is 0.969. The highest BCUT2D eigenvalue weighted by molar-refractivity contribution is 5.95. The number of carbonyl (C=O) groups is 1. The Hall–Kier alpha value is -1.43. The minimum absolute atomic E-state index is 0.211. The third-order valence-corrected chi connectivity index (χ3v) is 2.74. The maximum absolute atomic E-state index is 11.9. The van der Waals surface area contributed by atoms with Gasteiger partial charge in [-0.3, -0.25) is 4.79 Å². The lowest BCUT2D eigenvalue weighted by Crippen LogP contribution is -2.39. The molecule has 0 aliphatic carbocycles. The molecule has 1 aromatic rings. The quantitative estimate of drug-likeness (QED) is 0.804. The van der Waals surface area contributed by atoms with E-state index in [-0.39, 0.29) is 12.5 Å². The van der Waals surface area contributed by atoms with E-state index in [0.29, 0.717) is 0 Å². The zero-order chi connectivity index (χ0) is 14.4. The Morgan fingerprint density at radius 2 is 2.16 bits per heavy atom. The summed E-state index contributed by atoms with van der Waals surface area (Å²) in [7, 11) is 5.54. The Labute approximate surface area is 114 Å². The zero-order valence-corrected chi connectivity index (χ0v) is 12.1. The van der Waals surface area contributed by atoms with Crippen molar-refractivity contribution in [2.45, 2.75) is 19.5 Å². The fourth-order valence-corrected chi connectivity index (χ4v) is 1.75. The summed E-state index contributed by atoms with van der Waals surface area (Å²) in [6.45, 7) is 2.99. The molecule has 1 unspecified atom stereocenters. The highest BCUT2D eigenvalue weighted by Gasteiger charge is 2.14. The van der Waals surface area contributed by atoms with Gasteiger partial charge in [-0.05, 0) is 38.2 Å². The lowest BCUT2D eigenvalue weighted by atomic mass is 10.1. The fourth-order valence-electron chi connectivity index (χ4n) is 1.75. The van der Waals surface area contributed by atoms with Gasteiger partial charge in [-0.2, -0.15) is 0 Å². The first-order valence-electron chi connectivity index (χ1n) is 6.23. The Morgan fingerprint density at radius 1 is 1.47 bits per heavy atom. The van der Waals surface area contributed by atoms with Gasteiger partial charge >= 0.3 is 0 Å². The van der Waals surface area contributed by atoms with E-state index in [2.05, 4.69) is 16.3 Å². The van der Waals surface area contributed by atoms with Crippen molar-refractivity contribution in [3.05, 3.63) is 29.3 Å². The molecule has 0 saturated carbocycles. The molecule has 0 heterocycles. The summed E-state index contributed by atoms with van der Waals surface area (Å²) in [5, 5.41) is 2.85. The van der Waals surface area contributed by atoms with E-state index in [4.69, 9.17) is 10.5 Å². The molecule has 0 aromatic heterocycles. The van der Waals surface area contributed by atoms with Gasteiger partial charge in [-0.1, -0.05) is 12.1 Å². The first-order chi connectivity index (χ1) is 8.93. The molecule has 0 spiro atoms. The van der Waals surface area contributed by atoms with Crippen LogP contribution < -0.4 is 11.1 Å². The SMILES string of the molecule is COCC(N)C(=O)Nc1cc(CN(C)C)ccc1C. The number of aryl methyl sites for hydroxylation is 1. The van der Waals surface area contributed by atoms with Crippen LogP contribution in [0.3, 0.4) is 0 Å². The molecule has 5 nitrogen and oxygen atoms in total. The number of rotatable bonds is 6. The molecule has 3 N–H and O–H groups in total. The number of anilines is 1. The lowest BCUT2D eigenvalue weighted by molar-refractivity contribution is -0.118. The van der Waals surface area contributed by atoms with E-state index in [1.54, 1.807) is 0 Å². The van der Waals surface area contributed by atoms with Crippen LogP contribution in [0.15, 0.2) is 18.2 Å². The smallest absolute Gasteiger partial charge is 0.243 e. The number of amides is 1. The van der Waals surface area contributed by atoms with Crippen LogP contribution in [-0.4, -0.2) is 44.7 Å². The van der Waals surface area contributed by atoms with E-state index >= 15 is 0 Å². The highest BCUT2D eigenvalue weighted by Crippen LogP contribution is 2.17. The zero-order valence-electron chi connectivity index (χ0n) is 12.1. The average molecular weight is 265 g/mol. The molecular weight excluding hydrogens is 242 g/mol. The topological polar surface area (TPSA) is 67.6 Å². The lowest BCUT2D eigenvalue weighted by Gasteiger charge is -2.15. The Bertz CT molecular complexity index is 433. The van der Waals surface area contributed by atoms with Crippen molar-refractivity contribution in [3.8, 4) is 0 Å². The number of ether oxygens (including phenoxy) is 1. The Morgan fingerprint density at radius 3 is 2.74 bits per heavy atom. The van der Waals surface area contributed by atoms with E-state index < -0.39 is 6.04 Å². The van der Waals surface area contributed by atoms with Gasteiger partial charge in [0.2, 0.25) is 5.91 Å². The van der Waals surface area contributed by atoms with E-state index in [0.717, 1.165) is 23.4 Å². The third kappa shape index (κ3) is 4.98. The van der Waals surface area contributed by atoms with Gasteiger partial charge in [-0.25, -0.2) is 0 Å². The van der Waals surface area contributed by atoms with E-state index in [9.17, 15) is 4.79 Å². The van der Waals surface area contributed by atoms with Crippen LogP contribution >= 0.6 is 0 Å². The Kier molecular flexibility index (Phi) is 5.95. The number of carbonyl (C=O) groups excluding carboxylic acids is 1. The van der Waals surface area contributed by atoms with Gasteiger partial charge in [0.05, 0.1) is 6.61 Å². The number of nitrogens with one attached hydrogen (secondary N) is 1. The molecular formula is C14H23N3O2. The molecule has 106 valence electrons. The normalized spacial score (nSPS) is 12.5. The van der Waals surface area contributed by atoms with Crippen molar-refractivity contribution in [2.24, 2.45) is 5.73 Å². The van der Waals surface area contributed by atoms with Crippen LogP contribution in [0.2, 0.25) is 0 Å². The van der Waals surface area contributed by atoms with Crippen molar-refractivity contribution in [1.82, 2.24) is 4.90 Å². The first-order valence-corrected chi connectivity index (χ1v) is 6.23. The second-order valence-corrected chi connectivity index (χ2v) is 4.94. The van der Waals surface area contributed by atoms with Crippen LogP contribution in [0.4, 0.5) is 5.69 Å². The molecule has 0 bridgehead atoms.